The maximum Gasteiger partial charge on any atom is 0.0561 e. The number of hydrogen-bond acceptors (Lipinski definition) is 2. The molecule has 0 aromatic carbocycles. The Hall–Kier alpha value is -0.0800. The molecule has 1 aliphatic heterocycles. The molecule has 2 heteroatoms. The number of hydrogen-bond donors (Lipinski definition) is 1. The Morgan fingerprint density at radius 3 is 2.56 bits per heavy atom. The quantitative estimate of drug-likeness (QED) is 0.774. The second kappa shape index (κ2) is 6.91. The lowest BCUT2D eigenvalue weighted by Gasteiger charge is -2.31. The van der Waals surface area contributed by atoms with Crippen molar-refractivity contribution in [2.24, 2.45) is 11.8 Å². The molecule has 18 heavy (non-hydrogen) atoms. The third-order valence-corrected chi connectivity index (χ3v) is 4.91. The van der Waals surface area contributed by atoms with Gasteiger partial charge in [0, 0.05) is 18.7 Å². The Kier molecular flexibility index (Phi) is 5.50. The minimum atomic E-state index is 0.449. The van der Waals surface area contributed by atoms with Crippen LogP contribution in [-0.4, -0.2) is 24.8 Å². The molecule has 1 heterocycles. The largest absolute Gasteiger partial charge is 0.378 e. The van der Waals surface area contributed by atoms with E-state index in [2.05, 4.69) is 26.1 Å². The molecule has 0 aromatic rings. The summed E-state index contributed by atoms with van der Waals surface area (Å²) in [5.74, 6) is 1.83. The van der Waals surface area contributed by atoms with Crippen LogP contribution in [0.2, 0.25) is 0 Å². The molecule has 1 aliphatic carbocycles. The Bertz CT molecular complexity index is 241. The van der Waals surface area contributed by atoms with Crippen molar-refractivity contribution in [3.63, 3.8) is 0 Å². The van der Waals surface area contributed by atoms with Crippen LogP contribution in [0.15, 0.2) is 0 Å². The highest BCUT2D eigenvalue weighted by atomic mass is 16.5. The first-order valence-corrected chi connectivity index (χ1v) is 8.02. The van der Waals surface area contributed by atoms with Crippen molar-refractivity contribution in [1.82, 2.24) is 5.32 Å². The summed E-state index contributed by atoms with van der Waals surface area (Å²) in [5, 5.41) is 3.91. The van der Waals surface area contributed by atoms with E-state index in [4.69, 9.17) is 4.74 Å². The summed E-state index contributed by atoms with van der Waals surface area (Å²) in [6.07, 6.45) is 9.90. The average Bonchev–Trinajstić information content (AvgIpc) is 2.55. The van der Waals surface area contributed by atoms with Gasteiger partial charge in [-0.05, 0) is 50.9 Å². The predicted molar refractivity (Wildman–Crippen MR) is 76.8 cm³/mol. The first-order valence-electron chi connectivity index (χ1n) is 8.02. The van der Waals surface area contributed by atoms with Gasteiger partial charge in [0.1, 0.15) is 0 Å². The monoisotopic (exact) mass is 253 g/mol. The summed E-state index contributed by atoms with van der Waals surface area (Å²) in [6, 6.07) is 1.47. The molecule has 2 aliphatic rings. The average molecular weight is 253 g/mol. The number of ether oxygens (including phenoxy) is 1. The third-order valence-electron chi connectivity index (χ3n) is 4.91. The maximum atomic E-state index is 5.63. The van der Waals surface area contributed by atoms with Crippen LogP contribution < -0.4 is 5.32 Å². The lowest BCUT2D eigenvalue weighted by atomic mass is 9.89. The van der Waals surface area contributed by atoms with E-state index in [1.807, 2.05) is 0 Å². The molecule has 4 atom stereocenters. The molecule has 4 unspecified atom stereocenters. The molecular weight excluding hydrogens is 222 g/mol. The van der Waals surface area contributed by atoms with Gasteiger partial charge in [-0.1, -0.05) is 26.7 Å². The van der Waals surface area contributed by atoms with Crippen molar-refractivity contribution < 1.29 is 4.74 Å². The van der Waals surface area contributed by atoms with E-state index in [9.17, 15) is 0 Å². The summed E-state index contributed by atoms with van der Waals surface area (Å²) in [4.78, 5) is 0. The predicted octanol–water partition coefficient (Wildman–Crippen LogP) is 3.75. The molecule has 106 valence electrons. The van der Waals surface area contributed by atoms with Gasteiger partial charge >= 0.3 is 0 Å². The first-order chi connectivity index (χ1) is 8.65. The second-order valence-electron chi connectivity index (χ2n) is 6.78. The van der Waals surface area contributed by atoms with Crippen LogP contribution >= 0.6 is 0 Å². The third kappa shape index (κ3) is 4.24. The molecule has 2 rings (SSSR count). The molecule has 2 fully saturated rings. The van der Waals surface area contributed by atoms with Crippen molar-refractivity contribution in [2.75, 3.05) is 6.61 Å². The van der Waals surface area contributed by atoms with Crippen LogP contribution in [-0.2, 0) is 4.74 Å². The van der Waals surface area contributed by atoms with E-state index < -0.39 is 0 Å². The fraction of sp³-hybridized carbons (Fsp3) is 1.00. The summed E-state index contributed by atoms with van der Waals surface area (Å²) < 4.78 is 5.63. The molecule has 0 bridgehead atoms. The fourth-order valence-electron chi connectivity index (χ4n) is 3.65. The number of rotatable bonds is 3. The first kappa shape index (κ1) is 14.3. The molecule has 0 amide bonds. The molecular formula is C16H31NO. The Balaban J connectivity index is 1.76. The van der Waals surface area contributed by atoms with E-state index in [1.54, 1.807) is 0 Å². The molecule has 1 saturated carbocycles. The van der Waals surface area contributed by atoms with E-state index >= 15 is 0 Å². The van der Waals surface area contributed by atoms with Crippen LogP contribution in [0, 0.1) is 11.8 Å². The normalized spacial score (nSPS) is 38.7. The second-order valence-corrected chi connectivity index (χ2v) is 6.78. The van der Waals surface area contributed by atoms with Crippen molar-refractivity contribution in [2.45, 2.75) is 83.9 Å². The smallest absolute Gasteiger partial charge is 0.0561 e. The van der Waals surface area contributed by atoms with Gasteiger partial charge in [0.05, 0.1) is 6.10 Å². The minimum absolute atomic E-state index is 0.449. The zero-order valence-electron chi connectivity index (χ0n) is 12.5. The van der Waals surface area contributed by atoms with Crippen LogP contribution in [0.1, 0.15) is 65.7 Å². The SMILES string of the molecule is CC1CC(NC2CCCC(C(C)C)CC2)CCO1. The minimum Gasteiger partial charge on any atom is -0.378 e. The van der Waals surface area contributed by atoms with Gasteiger partial charge in [0.2, 0.25) is 0 Å². The highest BCUT2D eigenvalue weighted by Crippen LogP contribution is 2.29. The van der Waals surface area contributed by atoms with Crippen molar-refractivity contribution >= 4 is 0 Å². The van der Waals surface area contributed by atoms with E-state index in [-0.39, 0.29) is 0 Å². The Morgan fingerprint density at radius 2 is 1.83 bits per heavy atom. The molecule has 0 radical (unpaired) electrons. The molecule has 0 aromatic heterocycles. The summed E-state index contributed by atoms with van der Waals surface area (Å²) >= 11 is 0. The Morgan fingerprint density at radius 1 is 1.00 bits per heavy atom. The van der Waals surface area contributed by atoms with Crippen LogP contribution in [0.5, 0.6) is 0 Å². The summed E-state index contributed by atoms with van der Waals surface area (Å²) in [5.41, 5.74) is 0. The van der Waals surface area contributed by atoms with Gasteiger partial charge in [-0.15, -0.1) is 0 Å². The van der Waals surface area contributed by atoms with E-state index in [0.29, 0.717) is 12.1 Å². The zero-order chi connectivity index (χ0) is 13.0. The standard InChI is InChI=1S/C16H31NO/c1-12(2)14-5-4-6-15(8-7-14)17-16-9-10-18-13(3)11-16/h12-17H,4-11H2,1-3H3. The van der Waals surface area contributed by atoms with Gasteiger partial charge in [0.25, 0.3) is 0 Å². The van der Waals surface area contributed by atoms with Crippen LogP contribution in [0.25, 0.3) is 0 Å². The van der Waals surface area contributed by atoms with Crippen LogP contribution in [0.4, 0.5) is 0 Å². The Labute approximate surface area is 113 Å². The lowest BCUT2D eigenvalue weighted by molar-refractivity contribution is 0.0109. The number of nitrogens with one attached hydrogen (secondary N) is 1. The molecule has 1 N–H and O–H groups in total. The summed E-state index contributed by atoms with van der Waals surface area (Å²) in [7, 11) is 0. The maximum absolute atomic E-state index is 5.63. The van der Waals surface area contributed by atoms with Gasteiger partial charge in [-0.25, -0.2) is 0 Å². The van der Waals surface area contributed by atoms with Gasteiger partial charge in [0.15, 0.2) is 0 Å². The highest BCUT2D eigenvalue weighted by molar-refractivity contribution is 4.82. The van der Waals surface area contributed by atoms with Crippen molar-refractivity contribution in [3.8, 4) is 0 Å². The molecule has 0 spiro atoms. The highest BCUT2D eigenvalue weighted by Gasteiger charge is 2.25. The summed E-state index contributed by atoms with van der Waals surface area (Å²) in [6.45, 7) is 7.92. The van der Waals surface area contributed by atoms with Gasteiger partial charge < -0.3 is 10.1 Å². The molecule has 1 saturated heterocycles. The van der Waals surface area contributed by atoms with E-state index in [0.717, 1.165) is 24.5 Å². The van der Waals surface area contributed by atoms with Crippen LogP contribution in [0.3, 0.4) is 0 Å². The topological polar surface area (TPSA) is 21.3 Å². The van der Waals surface area contributed by atoms with Crippen molar-refractivity contribution in [3.05, 3.63) is 0 Å². The van der Waals surface area contributed by atoms with E-state index in [1.165, 1.54) is 44.9 Å². The van der Waals surface area contributed by atoms with Gasteiger partial charge in [-0.3, -0.25) is 0 Å². The zero-order valence-corrected chi connectivity index (χ0v) is 12.5. The lowest BCUT2D eigenvalue weighted by Crippen LogP contribution is -2.43. The van der Waals surface area contributed by atoms with Crippen molar-refractivity contribution in [1.29, 1.82) is 0 Å². The fourth-order valence-corrected chi connectivity index (χ4v) is 3.65. The molecule has 2 nitrogen and oxygen atoms in total. The van der Waals surface area contributed by atoms with Gasteiger partial charge in [-0.2, -0.15) is 0 Å².